The van der Waals surface area contributed by atoms with Gasteiger partial charge in [-0.1, -0.05) is 37.6 Å². The number of rotatable bonds is 3. The lowest BCUT2D eigenvalue weighted by Crippen LogP contribution is -2.43. The maximum absolute atomic E-state index is 13.4. The summed E-state index contributed by atoms with van der Waals surface area (Å²) in [6.07, 6.45) is 0.785. The monoisotopic (exact) mass is 442 g/mol. The van der Waals surface area contributed by atoms with Crippen molar-refractivity contribution in [3.8, 4) is 0 Å². The molecular formula is C23H20ClFN2O4. The molecule has 1 heterocycles. The zero-order chi connectivity index (χ0) is 22.5. The van der Waals surface area contributed by atoms with Crippen molar-refractivity contribution in [1.29, 1.82) is 0 Å². The lowest BCUT2D eigenvalue weighted by Gasteiger charge is -2.42. The third-order valence-electron chi connectivity index (χ3n) is 5.80. The van der Waals surface area contributed by atoms with Crippen LogP contribution in [0.25, 0.3) is 0 Å². The minimum absolute atomic E-state index is 0.00700. The molecule has 8 heteroatoms. The van der Waals surface area contributed by atoms with Gasteiger partial charge in [-0.05, 0) is 41.7 Å². The summed E-state index contributed by atoms with van der Waals surface area (Å²) in [5, 5.41) is 11.3. The van der Waals surface area contributed by atoms with E-state index in [-0.39, 0.29) is 34.2 Å². The highest BCUT2D eigenvalue weighted by Gasteiger charge is 2.44. The average molecular weight is 443 g/mol. The van der Waals surface area contributed by atoms with E-state index >= 15 is 0 Å². The van der Waals surface area contributed by atoms with Crippen LogP contribution in [-0.2, 0) is 9.59 Å². The molecule has 1 amide bonds. The van der Waals surface area contributed by atoms with Crippen LogP contribution in [0.15, 0.2) is 53.7 Å². The molecule has 0 aromatic heterocycles. The molecule has 31 heavy (non-hydrogen) atoms. The molecule has 0 fully saturated rings. The third kappa shape index (κ3) is 3.85. The number of anilines is 1. The van der Waals surface area contributed by atoms with Crippen molar-refractivity contribution >= 4 is 34.7 Å². The average Bonchev–Trinajstić information content (AvgIpc) is 2.67. The van der Waals surface area contributed by atoms with Crippen LogP contribution in [0.4, 0.5) is 15.8 Å². The molecule has 4 rings (SSSR count). The number of nitro groups is 1. The van der Waals surface area contributed by atoms with Crippen LogP contribution in [0.3, 0.4) is 0 Å². The summed E-state index contributed by atoms with van der Waals surface area (Å²) in [7, 11) is 0. The molecule has 2 aromatic rings. The van der Waals surface area contributed by atoms with Gasteiger partial charge in [0.05, 0.1) is 10.6 Å². The minimum Gasteiger partial charge on any atom is -0.294 e. The Kier molecular flexibility index (Phi) is 5.17. The SMILES string of the molecule is CC1(C)CC(=O)C2=C(C1)N(c1ccc(Cl)c([N+](=O)[O-])c1)C(=O)CC2c1ccc(F)cc1. The number of hydrogen-bond acceptors (Lipinski definition) is 4. The molecule has 1 atom stereocenters. The molecule has 2 aliphatic rings. The standard InChI is InChI=1S/C23H20ClFN2O4/c1-23(2)11-19-22(20(28)12-23)16(13-3-5-14(25)6-4-13)10-21(29)26(19)15-7-8-17(24)18(9-15)27(30)31/h3-9,16H,10-12H2,1-2H3. The Morgan fingerprint density at radius 3 is 2.45 bits per heavy atom. The first-order valence-corrected chi connectivity index (χ1v) is 10.2. The van der Waals surface area contributed by atoms with E-state index in [1.807, 2.05) is 13.8 Å². The number of hydrogen-bond donors (Lipinski definition) is 0. The zero-order valence-corrected chi connectivity index (χ0v) is 17.8. The number of benzene rings is 2. The van der Waals surface area contributed by atoms with Crippen LogP contribution in [0.1, 0.15) is 44.6 Å². The molecule has 160 valence electrons. The summed E-state index contributed by atoms with van der Waals surface area (Å²) in [5.41, 5.74) is 1.37. The Morgan fingerprint density at radius 1 is 1.13 bits per heavy atom. The maximum Gasteiger partial charge on any atom is 0.289 e. The van der Waals surface area contributed by atoms with E-state index in [0.29, 0.717) is 35.4 Å². The van der Waals surface area contributed by atoms with Crippen molar-refractivity contribution < 1.29 is 18.9 Å². The Balaban J connectivity index is 1.90. The minimum atomic E-state index is -0.604. The van der Waals surface area contributed by atoms with Gasteiger partial charge in [0.25, 0.3) is 5.69 Å². The Morgan fingerprint density at radius 2 is 1.81 bits per heavy atom. The second kappa shape index (κ2) is 7.57. The molecule has 0 bridgehead atoms. The molecule has 0 spiro atoms. The molecule has 1 unspecified atom stereocenters. The molecule has 2 aromatic carbocycles. The summed E-state index contributed by atoms with van der Waals surface area (Å²) < 4.78 is 13.4. The molecule has 1 aliphatic carbocycles. The number of amides is 1. The highest BCUT2D eigenvalue weighted by molar-refractivity contribution is 6.32. The maximum atomic E-state index is 13.4. The van der Waals surface area contributed by atoms with E-state index in [1.165, 1.54) is 29.2 Å². The fraction of sp³-hybridized carbons (Fsp3) is 0.304. The topological polar surface area (TPSA) is 80.5 Å². The van der Waals surface area contributed by atoms with Gasteiger partial charge in [0.1, 0.15) is 10.8 Å². The van der Waals surface area contributed by atoms with Crippen LogP contribution in [0.5, 0.6) is 0 Å². The number of Topliss-reactive ketones (excluding diaryl/α,β-unsaturated/α-hetero) is 1. The second-order valence-electron chi connectivity index (χ2n) is 8.73. The molecule has 6 nitrogen and oxygen atoms in total. The summed E-state index contributed by atoms with van der Waals surface area (Å²) in [4.78, 5) is 38.7. The summed E-state index contributed by atoms with van der Waals surface area (Å²) in [6, 6.07) is 9.99. The predicted molar refractivity (Wildman–Crippen MR) is 114 cm³/mol. The van der Waals surface area contributed by atoms with Gasteiger partial charge in [-0.2, -0.15) is 0 Å². The van der Waals surface area contributed by atoms with Gasteiger partial charge in [-0.15, -0.1) is 0 Å². The molecule has 0 N–H and O–H groups in total. The van der Waals surface area contributed by atoms with E-state index < -0.39 is 16.7 Å². The number of carbonyl (C=O) groups is 2. The fourth-order valence-corrected chi connectivity index (χ4v) is 4.66. The lowest BCUT2D eigenvalue weighted by molar-refractivity contribution is -0.384. The molecule has 1 aliphatic heterocycles. The van der Waals surface area contributed by atoms with Crippen molar-refractivity contribution in [3.63, 3.8) is 0 Å². The second-order valence-corrected chi connectivity index (χ2v) is 9.14. The van der Waals surface area contributed by atoms with Gasteiger partial charge in [0, 0.05) is 36.1 Å². The normalized spacial score (nSPS) is 20.6. The van der Waals surface area contributed by atoms with Gasteiger partial charge in [0.2, 0.25) is 5.91 Å². The van der Waals surface area contributed by atoms with E-state index in [4.69, 9.17) is 11.6 Å². The first kappa shape index (κ1) is 21.2. The number of nitrogens with zero attached hydrogens (tertiary/aromatic N) is 2. The highest BCUT2D eigenvalue weighted by atomic mass is 35.5. The molecule has 0 saturated carbocycles. The van der Waals surface area contributed by atoms with Gasteiger partial charge >= 0.3 is 0 Å². The van der Waals surface area contributed by atoms with Crippen LogP contribution in [-0.4, -0.2) is 16.6 Å². The number of allylic oxidation sites excluding steroid dienone is 2. The van der Waals surface area contributed by atoms with Gasteiger partial charge < -0.3 is 0 Å². The quantitative estimate of drug-likeness (QED) is 0.461. The largest absolute Gasteiger partial charge is 0.294 e. The van der Waals surface area contributed by atoms with Crippen LogP contribution >= 0.6 is 11.6 Å². The zero-order valence-electron chi connectivity index (χ0n) is 17.0. The van der Waals surface area contributed by atoms with Crippen LogP contribution in [0, 0.1) is 21.3 Å². The Labute approximate surface area is 183 Å². The van der Waals surface area contributed by atoms with Crippen molar-refractivity contribution in [3.05, 3.63) is 80.3 Å². The summed E-state index contributed by atoms with van der Waals surface area (Å²) in [5.74, 6) is -1.23. The summed E-state index contributed by atoms with van der Waals surface area (Å²) in [6.45, 7) is 3.90. The predicted octanol–water partition coefficient (Wildman–Crippen LogP) is 5.55. The molecule has 0 saturated heterocycles. The van der Waals surface area contributed by atoms with Crippen molar-refractivity contribution in [2.45, 2.75) is 39.0 Å². The highest BCUT2D eigenvalue weighted by Crippen LogP contribution is 2.48. The molecule has 0 radical (unpaired) electrons. The van der Waals surface area contributed by atoms with Gasteiger partial charge in [-0.25, -0.2) is 4.39 Å². The Bertz CT molecular complexity index is 1140. The van der Waals surface area contributed by atoms with E-state index in [1.54, 1.807) is 18.2 Å². The van der Waals surface area contributed by atoms with Gasteiger partial charge in [0.15, 0.2) is 5.78 Å². The molecular weight excluding hydrogens is 423 g/mol. The van der Waals surface area contributed by atoms with E-state index in [9.17, 15) is 24.1 Å². The number of halogens is 2. The smallest absolute Gasteiger partial charge is 0.289 e. The summed E-state index contributed by atoms with van der Waals surface area (Å²) >= 11 is 5.95. The third-order valence-corrected chi connectivity index (χ3v) is 6.12. The van der Waals surface area contributed by atoms with Crippen LogP contribution < -0.4 is 4.90 Å². The van der Waals surface area contributed by atoms with Crippen molar-refractivity contribution in [2.75, 3.05) is 4.90 Å². The lowest BCUT2D eigenvalue weighted by atomic mass is 9.69. The fourth-order valence-electron chi connectivity index (χ4n) is 4.47. The number of carbonyl (C=O) groups excluding carboxylic acids is 2. The van der Waals surface area contributed by atoms with Gasteiger partial charge in [-0.3, -0.25) is 24.6 Å². The first-order chi connectivity index (χ1) is 14.6. The Hall–Kier alpha value is -3.06. The first-order valence-electron chi connectivity index (χ1n) is 9.86. The van der Waals surface area contributed by atoms with E-state index in [2.05, 4.69) is 0 Å². The number of ketones is 1. The van der Waals surface area contributed by atoms with Crippen molar-refractivity contribution in [2.24, 2.45) is 5.41 Å². The van der Waals surface area contributed by atoms with Crippen LogP contribution in [0.2, 0.25) is 5.02 Å². The number of nitro benzene ring substituents is 1. The van der Waals surface area contributed by atoms with E-state index in [0.717, 1.165) is 0 Å². The van der Waals surface area contributed by atoms with Crippen molar-refractivity contribution in [1.82, 2.24) is 0 Å².